The molecular weight excluding hydrogens is 295 g/mol. The quantitative estimate of drug-likeness (QED) is 0.314. The number of thiophene rings is 1. The molecule has 2 heteroatoms. The second-order valence-electron chi connectivity index (χ2n) is 7.47. The minimum absolute atomic E-state index is 0.830. The molecule has 0 aliphatic heterocycles. The molecule has 2 rings (SSSR count). The van der Waals surface area contributed by atoms with Gasteiger partial charge in [-0.3, -0.25) is 0 Å². The van der Waals surface area contributed by atoms with Crippen LogP contribution in [0, 0.1) is 5.92 Å². The van der Waals surface area contributed by atoms with Gasteiger partial charge in [-0.2, -0.15) is 0 Å². The normalized spacial score (nSPS) is 20.9. The minimum atomic E-state index is 0.830. The Morgan fingerprint density at radius 2 is 1.78 bits per heavy atom. The van der Waals surface area contributed by atoms with Crippen LogP contribution >= 0.6 is 11.3 Å². The Hall–Kier alpha value is -0.495. The molecule has 1 heterocycles. The van der Waals surface area contributed by atoms with Gasteiger partial charge in [-0.1, -0.05) is 70.7 Å². The Balaban J connectivity index is 1.89. The zero-order valence-corrected chi connectivity index (χ0v) is 16.4. The van der Waals surface area contributed by atoms with Crippen molar-refractivity contribution in [2.45, 2.75) is 90.3 Å². The fourth-order valence-electron chi connectivity index (χ4n) is 3.89. The van der Waals surface area contributed by atoms with Crippen molar-refractivity contribution in [2.75, 3.05) is 0 Å². The predicted octanol–water partition coefficient (Wildman–Crippen LogP) is 6.67. The Morgan fingerprint density at radius 3 is 2.52 bits per heavy atom. The van der Waals surface area contributed by atoms with Crippen LogP contribution in [0.25, 0.3) is 5.57 Å². The van der Waals surface area contributed by atoms with Crippen LogP contribution in [0.3, 0.4) is 0 Å². The molecule has 0 saturated carbocycles. The summed E-state index contributed by atoms with van der Waals surface area (Å²) in [6.45, 7) is 4.59. The highest BCUT2D eigenvalue weighted by Gasteiger charge is 2.25. The third kappa shape index (κ3) is 5.82. The molecule has 1 aliphatic rings. The summed E-state index contributed by atoms with van der Waals surface area (Å²) >= 11 is 1.98. The monoisotopic (exact) mass is 330 g/mol. The highest BCUT2D eigenvalue weighted by atomic mass is 32.1. The molecule has 1 aromatic rings. The van der Waals surface area contributed by atoms with E-state index < -0.39 is 0 Å². The molecule has 2 unspecified atom stereocenters. The topological polar surface area (TPSA) is 0 Å². The zero-order chi connectivity index (χ0) is 16.5. The van der Waals surface area contributed by atoms with E-state index in [2.05, 4.69) is 39.2 Å². The highest BCUT2D eigenvalue weighted by molar-refractivity contribution is 7.11. The summed E-state index contributed by atoms with van der Waals surface area (Å²) in [5.74, 6) is 1.68. The molecule has 0 spiro atoms. The van der Waals surface area contributed by atoms with E-state index in [1.165, 1.54) is 70.6 Å². The number of hydrogen-bond acceptors (Lipinski definition) is 1. The lowest BCUT2D eigenvalue weighted by Gasteiger charge is -2.13. The van der Waals surface area contributed by atoms with Gasteiger partial charge in [0.1, 0.15) is 7.85 Å². The van der Waals surface area contributed by atoms with Crippen molar-refractivity contribution in [2.24, 2.45) is 5.92 Å². The van der Waals surface area contributed by atoms with Gasteiger partial charge in [-0.05, 0) is 54.2 Å². The first-order valence-corrected chi connectivity index (χ1v) is 10.9. The number of rotatable bonds is 11. The van der Waals surface area contributed by atoms with E-state index in [1.54, 1.807) is 16.0 Å². The van der Waals surface area contributed by atoms with Crippen molar-refractivity contribution in [3.8, 4) is 0 Å². The minimum Gasteiger partial charge on any atom is -0.144 e. The molecule has 0 N–H and O–H groups in total. The fourth-order valence-corrected chi connectivity index (χ4v) is 4.88. The van der Waals surface area contributed by atoms with Gasteiger partial charge < -0.3 is 0 Å². The average molecular weight is 330 g/mol. The van der Waals surface area contributed by atoms with Crippen LogP contribution in [-0.2, 0) is 6.42 Å². The largest absolute Gasteiger partial charge is 0.144 e. The maximum atomic E-state index is 2.64. The molecule has 0 aromatic carbocycles. The lowest BCUT2D eigenvalue weighted by atomic mass is 9.76. The molecule has 1 aliphatic carbocycles. The summed E-state index contributed by atoms with van der Waals surface area (Å²) in [5.41, 5.74) is 3.29. The van der Waals surface area contributed by atoms with Crippen LogP contribution < -0.4 is 0 Å². The smallest absolute Gasteiger partial charge is 0.106 e. The Labute approximate surface area is 149 Å². The standard InChI is InChI=1S/C21H35BS/c1-3-5-7-9-11-17-13-14-23-21(17)19-15-18(20(22)16-19)12-10-8-6-4-2/h13-15,18,20H,3-12,16,22H2,1-2H3. The average Bonchev–Trinajstić information content (AvgIpc) is 3.15. The van der Waals surface area contributed by atoms with Crippen molar-refractivity contribution in [1.29, 1.82) is 0 Å². The summed E-state index contributed by atoms with van der Waals surface area (Å²) in [4.78, 5) is 1.62. The molecule has 0 nitrogen and oxygen atoms in total. The number of aryl methyl sites for hydroxylation is 1. The van der Waals surface area contributed by atoms with Gasteiger partial charge in [0.2, 0.25) is 0 Å². The van der Waals surface area contributed by atoms with E-state index in [0.717, 1.165) is 11.7 Å². The van der Waals surface area contributed by atoms with E-state index >= 15 is 0 Å². The molecule has 0 saturated heterocycles. The summed E-state index contributed by atoms with van der Waals surface area (Å²) in [6, 6.07) is 2.38. The molecule has 0 radical (unpaired) electrons. The number of unbranched alkanes of at least 4 members (excludes halogenated alkanes) is 6. The molecule has 0 fully saturated rings. The number of allylic oxidation sites excluding steroid dienone is 2. The summed E-state index contributed by atoms with van der Waals surface area (Å²) in [7, 11) is 2.46. The fraction of sp³-hybridized carbons (Fsp3) is 0.714. The van der Waals surface area contributed by atoms with Crippen LogP contribution in [0.4, 0.5) is 0 Å². The van der Waals surface area contributed by atoms with Crippen LogP contribution in [0.2, 0.25) is 5.82 Å². The zero-order valence-electron chi connectivity index (χ0n) is 15.6. The van der Waals surface area contributed by atoms with E-state index in [-0.39, 0.29) is 0 Å². The second kappa shape index (κ2) is 10.4. The van der Waals surface area contributed by atoms with E-state index in [9.17, 15) is 0 Å². The van der Waals surface area contributed by atoms with Crippen molar-refractivity contribution < 1.29 is 0 Å². The maximum absolute atomic E-state index is 2.64. The molecule has 2 atom stereocenters. The lowest BCUT2D eigenvalue weighted by molar-refractivity contribution is 0.523. The van der Waals surface area contributed by atoms with Crippen molar-refractivity contribution in [1.82, 2.24) is 0 Å². The van der Waals surface area contributed by atoms with Gasteiger partial charge in [0.05, 0.1) is 0 Å². The molecule has 0 bridgehead atoms. The maximum Gasteiger partial charge on any atom is 0.106 e. The summed E-state index contributed by atoms with van der Waals surface area (Å²) < 4.78 is 0. The van der Waals surface area contributed by atoms with Gasteiger partial charge in [-0.25, -0.2) is 0 Å². The van der Waals surface area contributed by atoms with Crippen molar-refractivity contribution in [3.05, 3.63) is 28.0 Å². The van der Waals surface area contributed by atoms with Crippen molar-refractivity contribution >= 4 is 24.8 Å². The third-order valence-corrected chi connectivity index (χ3v) is 6.45. The van der Waals surface area contributed by atoms with Crippen LogP contribution in [-0.4, -0.2) is 7.85 Å². The Kier molecular flexibility index (Phi) is 8.51. The van der Waals surface area contributed by atoms with Crippen LogP contribution in [0.1, 0.15) is 88.5 Å². The van der Waals surface area contributed by atoms with Gasteiger partial charge in [0.25, 0.3) is 0 Å². The molecule has 23 heavy (non-hydrogen) atoms. The van der Waals surface area contributed by atoms with Crippen LogP contribution in [0.15, 0.2) is 17.5 Å². The van der Waals surface area contributed by atoms with Crippen molar-refractivity contribution in [3.63, 3.8) is 0 Å². The van der Waals surface area contributed by atoms with Gasteiger partial charge in [-0.15, -0.1) is 11.3 Å². The lowest BCUT2D eigenvalue weighted by Crippen LogP contribution is -2.01. The molecular formula is C21H35BS. The van der Waals surface area contributed by atoms with Gasteiger partial charge >= 0.3 is 0 Å². The molecule has 128 valence electrons. The number of hydrogen-bond donors (Lipinski definition) is 0. The first kappa shape index (κ1) is 18.8. The van der Waals surface area contributed by atoms with E-state index in [1.807, 2.05) is 11.3 Å². The molecule has 0 amide bonds. The molecule has 1 aromatic heterocycles. The van der Waals surface area contributed by atoms with E-state index in [0.29, 0.717) is 0 Å². The first-order valence-electron chi connectivity index (χ1n) is 10.0. The van der Waals surface area contributed by atoms with Gasteiger partial charge in [0.15, 0.2) is 0 Å². The van der Waals surface area contributed by atoms with Crippen LogP contribution in [0.5, 0.6) is 0 Å². The third-order valence-electron chi connectivity index (χ3n) is 5.42. The summed E-state index contributed by atoms with van der Waals surface area (Å²) in [6.07, 6.45) is 17.7. The SMILES string of the molecule is BC1CC(c2sccc2CCCCCC)=CC1CCCCCC. The summed E-state index contributed by atoms with van der Waals surface area (Å²) in [5, 5.41) is 2.31. The highest BCUT2D eigenvalue weighted by Crippen LogP contribution is 2.43. The Bertz CT molecular complexity index is 474. The van der Waals surface area contributed by atoms with E-state index in [4.69, 9.17) is 0 Å². The second-order valence-corrected chi connectivity index (χ2v) is 8.39. The first-order chi connectivity index (χ1) is 11.3. The Morgan fingerprint density at radius 1 is 1.04 bits per heavy atom. The predicted molar refractivity (Wildman–Crippen MR) is 109 cm³/mol. The van der Waals surface area contributed by atoms with Gasteiger partial charge in [0, 0.05) is 4.88 Å².